The maximum Gasteiger partial charge on any atom is 0.288 e. The lowest BCUT2D eigenvalue weighted by molar-refractivity contribution is -0.116. The lowest BCUT2D eigenvalue weighted by Crippen LogP contribution is -2.13. The van der Waals surface area contributed by atoms with E-state index in [1.54, 1.807) is 6.21 Å². The molecule has 1 aromatic carbocycles. The molecule has 69 valence electrons. The quantitative estimate of drug-likeness (QED) is 0.684. The fraction of sp³-hybridized carbons (Fsp3) is 0.0909. The molecular weight excluding hydrogens is 176 g/mol. The number of nitrogens with zero attached hydrogens (tertiary/aromatic N) is 2. The summed E-state index contributed by atoms with van der Waals surface area (Å²) < 4.78 is 0. The van der Waals surface area contributed by atoms with Crippen LogP contribution in [-0.4, -0.2) is 12.1 Å². The summed E-state index contributed by atoms with van der Waals surface area (Å²) in [6.07, 6.45) is 3.86. The van der Waals surface area contributed by atoms with E-state index in [9.17, 15) is 4.79 Å². The van der Waals surface area contributed by atoms with Crippen LogP contribution in [0.2, 0.25) is 0 Å². The van der Waals surface area contributed by atoms with Gasteiger partial charge in [-0.05, 0) is 17.6 Å². The van der Waals surface area contributed by atoms with Crippen molar-refractivity contribution in [1.29, 1.82) is 0 Å². The van der Waals surface area contributed by atoms with Gasteiger partial charge in [0.15, 0.2) is 0 Å². The van der Waals surface area contributed by atoms with E-state index in [2.05, 4.69) is 10.5 Å². The number of allylic oxidation sites excluding steroid dienone is 1. The first-order valence-corrected chi connectivity index (χ1v) is 4.37. The summed E-state index contributed by atoms with van der Waals surface area (Å²) in [5, 5.41) is 3.62. The third-order valence-electron chi connectivity index (χ3n) is 1.94. The van der Waals surface area contributed by atoms with Gasteiger partial charge in [0.1, 0.15) is 0 Å². The van der Waals surface area contributed by atoms with Crippen LogP contribution in [0.25, 0.3) is 0 Å². The van der Waals surface area contributed by atoms with Gasteiger partial charge in [-0.15, -0.1) is 5.43 Å². The second kappa shape index (κ2) is 3.87. The minimum atomic E-state index is -0.279. The van der Waals surface area contributed by atoms with Crippen molar-refractivity contribution in [3.63, 3.8) is 0 Å². The van der Waals surface area contributed by atoms with E-state index in [0.717, 1.165) is 12.0 Å². The highest BCUT2D eigenvalue weighted by atomic mass is 16.2. The minimum Gasteiger partial charge on any atom is -0.266 e. The third kappa shape index (κ3) is 2.07. The number of hydrogen-bond acceptors (Lipinski definition) is 2. The van der Waals surface area contributed by atoms with Gasteiger partial charge in [-0.2, -0.15) is 5.10 Å². The lowest BCUT2D eigenvalue weighted by Gasteiger charge is -2.04. The Morgan fingerprint density at radius 2 is 1.93 bits per heavy atom. The highest BCUT2D eigenvalue weighted by molar-refractivity contribution is 5.97. The molecule has 0 bridgehead atoms. The molecule has 3 nitrogen and oxygen atoms in total. The summed E-state index contributed by atoms with van der Waals surface area (Å²) in [4.78, 5) is 10.9. The van der Waals surface area contributed by atoms with Gasteiger partial charge in [0.25, 0.3) is 5.91 Å². The Hall–Kier alpha value is -1.90. The fourth-order valence-electron chi connectivity index (χ4n) is 1.31. The van der Waals surface area contributed by atoms with Crippen molar-refractivity contribution in [3.8, 4) is 0 Å². The van der Waals surface area contributed by atoms with Gasteiger partial charge in [0, 0.05) is 6.08 Å². The van der Waals surface area contributed by atoms with Gasteiger partial charge >= 0.3 is 0 Å². The van der Waals surface area contributed by atoms with Crippen LogP contribution in [0.1, 0.15) is 5.56 Å². The molecule has 1 aromatic rings. The molecule has 0 saturated heterocycles. The molecule has 1 amide bonds. The maximum atomic E-state index is 10.9. The second-order valence-electron chi connectivity index (χ2n) is 3.06. The molecule has 0 saturated carbocycles. The molecular formula is C11H9N2O. The van der Waals surface area contributed by atoms with Gasteiger partial charge < -0.3 is 0 Å². The van der Waals surface area contributed by atoms with Crippen LogP contribution >= 0.6 is 0 Å². The van der Waals surface area contributed by atoms with Crippen molar-refractivity contribution in [2.75, 3.05) is 0 Å². The molecule has 0 aliphatic carbocycles. The van der Waals surface area contributed by atoms with Gasteiger partial charge in [0.2, 0.25) is 0 Å². The zero-order valence-corrected chi connectivity index (χ0v) is 7.55. The number of benzene rings is 1. The summed E-state index contributed by atoms with van der Waals surface area (Å²) in [6, 6.07) is 9.95. The Balaban J connectivity index is 2.12. The van der Waals surface area contributed by atoms with Crippen molar-refractivity contribution in [2.24, 2.45) is 5.10 Å². The summed E-state index contributed by atoms with van der Waals surface area (Å²) >= 11 is 0. The van der Waals surface area contributed by atoms with Crippen LogP contribution in [-0.2, 0) is 11.2 Å². The van der Waals surface area contributed by atoms with Crippen molar-refractivity contribution >= 4 is 12.1 Å². The first-order valence-electron chi connectivity index (χ1n) is 4.37. The molecule has 1 radical (unpaired) electrons. The Kier molecular flexibility index (Phi) is 2.40. The first-order chi connectivity index (χ1) is 6.84. The standard InChI is InChI=1S/C11H9N2O/c14-11-7-10(8-12-13-11)6-9-4-2-1-3-5-9/h1-5,7-8H,6H2. The van der Waals surface area contributed by atoms with Gasteiger partial charge in [-0.3, -0.25) is 4.79 Å². The molecule has 0 spiro atoms. The fourth-order valence-corrected chi connectivity index (χ4v) is 1.31. The van der Waals surface area contributed by atoms with Crippen molar-refractivity contribution < 1.29 is 4.79 Å². The molecule has 1 aliphatic rings. The number of carbonyl (C=O) groups is 1. The first kappa shape index (κ1) is 8.69. The average Bonchev–Trinajstić information content (AvgIpc) is 2.19. The predicted molar refractivity (Wildman–Crippen MR) is 53.9 cm³/mol. The van der Waals surface area contributed by atoms with Crippen LogP contribution in [0.3, 0.4) is 0 Å². The predicted octanol–water partition coefficient (Wildman–Crippen LogP) is 1.29. The van der Waals surface area contributed by atoms with Crippen molar-refractivity contribution in [3.05, 3.63) is 47.5 Å². The van der Waals surface area contributed by atoms with Crippen molar-refractivity contribution in [2.45, 2.75) is 6.42 Å². The Morgan fingerprint density at radius 3 is 2.64 bits per heavy atom. The molecule has 1 aliphatic heterocycles. The molecule has 0 atom stereocenters. The summed E-state index contributed by atoms with van der Waals surface area (Å²) in [6.45, 7) is 0. The number of carbonyl (C=O) groups excluding carboxylic acids is 1. The molecule has 0 N–H and O–H groups in total. The van der Waals surface area contributed by atoms with Crippen LogP contribution in [0, 0.1) is 0 Å². The minimum absolute atomic E-state index is 0.279. The third-order valence-corrected chi connectivity index (χ3v) is 1.94. The highest BCUT2D eigenvalue weighted by Crippen LogP contribution is 2.07. The Labute approximate surface area is 82.1 Å². The zero-order chi connectivity index (χ0) is 9.80. The van der Waals surface area contributed by atoms with E-state index in [-0.39, 0.29) is 5.91 Å². The van der Waals surface area contributed by atoms with Crippen LogP contribution in [0.15, 0.2) is 47.1 Å². The average molecular weight is 185 g/mol. The number of rotatable bonds is 2. The van der Waals surface area contributed by atoms with Gasteiger partial charge in [-0.25, -0.2) is 0 Å². The molecule has 1 heterocycles. The number of amides is 1. The highest BCUT2D eigenvalue weighted by Gasteiger charge is 2.06. The molecule has 14 heavy (non-hydrogen) atoms. The van der Waals surface area contributed by atoms with Crippen LogP contribution in [0.4, 0.5) is 0 Å². The normalized spacial score (nSPS) is 14.9. The SMILES string of the molecule is O=C1C=C(Cc2ccccc2)C=N[N]1. The van der Waals surface area contributed by atoms with E-state index in [1.165, 1.54) is 11.6 Å². The monoisotopic (exact) mass is 185 g/mol. The van der Waals surface area contributed by atoms with E-state index >= 15 is 0 Å². The van der Waals surface area contributed by atoms with Gasteiger partial charge in [-0.1, -0.05) is 30.3 Å². The van der Waals surface area contributed by atoms with E-state index in [0.29, 0.717) is 0 Å². The van der Waals surface area contributed by atoms with E-state index in [4.69, 9.17) is 0 Å². The molecule has 2 rings (SSSR count). The Bertz CT molecular complexity index is 393. The summed E-state index contributed by atoms with van der Waals surface area (Å²) in [7, 11) is 0. The summed E-state index contributed by atoms with van der Waals surface area (Å²) in [5.74, 6) is -0.279. The Morgan fingerprint density at radius 1 is 1.14 bits per heavy atom. The van der Waals surface area contributed by atoms with E-state index < -0.39 is 0 Å². The topological polar surface area (TPSA) is 43.5 Å². The van der Waals surface area contributed by atoms with Crippen LogP contribution < -0.4 is 5.43 Å². The summed E-state index contributed by atoms with van der Waals surface area (Å²) in [5.41, 5.74) is 5.44. The largest absolute Gasteiger partial charge is 0.288 e. The van der Waals surface area contributed by atoms with E-state index in [1.807, 2.05) is 30.3 Å². The molecule has 0 unspecified atom stereocenters. The molecule has 0 aromatic heterocycles. The smallest absolute Gasteiger partial charge is 0.266 e. The maximum absolute atomic E-state index is 10.9. The number of hydrogen-bond donors (Lipinski definition) is 0. The molecule has 0 fully saturated rings. The lowest BCUT2D eigenvalue weighted by atomic mass is 10.1. The zero-order valence-electron chi connectivity index (χ0n) is 7.55. The van der Waals surface area contributed by atoms with Crippen LogP contribution in [0.5, 0.6) is 0 Å². The van der Waals surface area contributed by atoms with Crippen molar-refractivity contribution in [1.82, 2.24) is 5.43 Å². The molecule has 3 heteroatoms. The van der Waals surface area contributed by atoms with Gasteiger partial charge in [0.05, 0.1) is 6.21 Å². The second-order valence-corrected chi connectivity index (χ2v) is 3.06.